The normalized spacial score (nSPS) is 22.0. The van der Waals surface area contributed by atoms with E-state index in [1.807, 2.05) is 6.92 Å². The Bertz CT molecular complexity index is 351. The lowest BCUT2D eigenvalue weighted by Gasteiger charge is -2.09. The van der Waals surface area contributed by atoms with Crippen molar-refractivity contribution in [2.75, 3.05) is 11.4 Å². The maximum absolute atomic E-state index is 11.5. The van der Waals surface area contributed by atoms with E-state index < -0.39 is 0 Å². The van der Waals surface area contributed by atoms with Crippen LogP contribution in [0.2, 0.25) is 0 Å². The van der Waals surface area contributed by atoms with E-state index in [1.165, 1.54) is 11.3 Å². The van der Waals surface area contributed by atoms with Gasteiger partial charge in [0.25, 0.3) is 0 Å². The first kappa shape index (κ1) is 9.54. The smallest absolute Gasteiger partial charge is 0.230 e. The quantitative estimate of drug-likeness (QED) is 0.758. The van der Waals surface area contributed by atoms with Gasteiger partial charge < -0.3 is 5.73 Å². The molecule has 2 N–H and O–H groups in total. The summed E-state index contributed by atoms with van der Waals surface area (Å²) in [4.78, 5) is 13.1. The molecular formula is C8H12N4OS. The maximum atomic E-state index is 11.5. The minimum absolute atomic E-state index is 0.0521. The minimum Gasteiger partial charge on any atom is -0.326 e. The lowest BCUT2D eigenvalue weighted by atomic mass is 10.3. The highest BCUT2D eigenvalue weighted by Crippen LogP contribution is 2.24. The van der Waals surface area contributed by atoms with Gasteiger partial charge in [0.15, 0.2) is 0 Å². The summed E-state index contributed by atoms with van der Waals surface area (Å²) in [5.41, 5.74) is 5.69. The molecule has 0 spiro atoms. The van der Waals surface area contributed by atoms with E-state index in [4.69, 9.17) is 5.73 Å². The van der Waals surface area contributed by atoms with Crippen molar-refractivity contribution in [3.8, 4) is 0 Å². The lowest BCUT2D eigenvalue weighted by molar-refractivity contribution is -0.117. The standard InChI is InChI=1S/C8H12N4OS/c1-2-6-10-11-8(14-6)12-4-5(9)3-7(12)13/h5H,2-4,9H2,1H3. The van der Waals surface area contributed by atoms with Crippen molar-refractivity contribution in [3.05, 3.63) is 5.01 Å². The SMILES string of the molecule is CCc1nnc(N2CC(N)CC2=O)s1. The van der Waals surface area contributed by atoms with Crippen LogP contribution in [0.25, 0.3) is 0 Å². The molecule has 0 radical (unpaired) electrons. The van der Waals surface area contributed by atoms with Gasteiger partial charge in [-0.2, -0.15) is 0 Å². The number of anilines is 1. The molecule has 5 nitrogen and oxygen atoms in total. The predicted octanol–water partition coefficient (Wildman–Crippen LogP) is 0.164. The molecule has 1 saturated heterocycles. The largest absolute Gasteiger partial charge is 0.326 e. The van der Waals surface area contributed by atoms with E-state index in [-0.39, 0.29) is 11.9 Å². The Morgan fingerprint density at radius 2 is 2.43 bits per heavy atom. The Balaban J connectivity index is 2.18. The van der Waals surface area contributed by atoms with Gasteiger partial charge in [0.05, 0.1) is 0 Å². The van der Waals surface area contributed by atoms with Crippen molar-refractivity contribution in [2.24, 2.45) is 5.73 Å². The third-order valence-electron chi connectivity index (χ3n) is 2.14. The van der Waals surface area contributed by atoms with Crippen LogP contribution in [0.1, 0.15) is 18.4 Å². The summed E-state index contributed by atoms with van der Waals surface area (Å²) in [7, 11) is 0. The Morgan fingerprint density at radius 1 is 1.64 bits per heavy atom. The number of nitrogens with zero attached hydrogens (tertiary/aromatic N) is 3. The second-order valence-electron chi connectivity index (χ2n) is 3.30. The molecule has 14 heavy (non-hydrogen) atoms. The molecule has 1 unspecified atom stereocenters. The summed E-state index contributed by atoms with van der Waals surface area (Å²) in [5, 5.41) is 9.58. The van der Waals surface area contributed by atoms with Crippen LogP contribution < -0.4 is 10.6 Å². The molecule has 1 aliphatic rings. The van der Waals surface area contributed by atoms with Crippen LogP contribution >= 0.6 is 11.3 Å². The third kappa shape index (κ3) is 1.62. The number of aromatic nitrogens is 2. The molecule has 0 aromatic carbocycles. The summed E-state index contributed by atoms with van der Waals surface area (Å²) in [5.74, 6) is 0.0521. The Hall–Kier alpha value is -1.01. The predicted molar refractivity (Wildman–Crippen MR) is 54.2 cm³/mol. The zero-order chi connectivity index (χ0) is 10.1. The number of rotatable bonds is 2. The van der Waals surface area contributed by atoms with E-state index in [9.17, 15) is 4.79 Å². The number of aryl methyl sites for hydroxylation is 1. The first-order valence-electron chi connectivity index (χ1n) is 4.59. The number of amides is 1. The fourth-order valence-electron chi connectivity index (χ4n) is 1.42. The number of nitrogens with two attached hydrogens (primary N) is 1. The average molecular weight is 212 g/mol. The van der Waals surface area contributed by atoms with Crippen molar-refractivity contribution in [3.63, 3.8) is 0 Å². The van der Waals surface area contributed by atoms with Crippen LogP contribution in [-0.2, 0) is 11.2 Å². The monoisotopic (exact) mass is 212 g/mol. The van der Waals surface area contributed by atoms with Gasteiger partial charge >= 0.3 is 0 Å². The molecule has 0 saturated carbocycles. The second kappa shape index (κ2) is 3.62. The van der Waals surface area contributed by atoms with Crippen molar-refractivity contribution in [1.29, 1.82) is 0 Å². The van der Waals surface area contributed by atoms with E-state index in [0.29, 0.717) is 18.1 Å². The van der Waals surface area contributed by atoms with Crippen molar-refractivity contribution >= 4 is 22.4 Å². The molecule has 1 amide bonds. The average Bonchev–Trinajstić information content (AvgIpc) is 2.71. The van der Waals surface area contributed by atoms with Gasteiger partial charge in [-0.15, -0.1) is 10.2 Å². The molecule has 0 bridgehead atoms. The molecule has 1 fully saturated rings. The fourth-order valence-corrected chi connectivity index (χ4v) is 2.22. The van der Waals surface area contributed by atoms with Gasteiger partial charge in [-0.3, -0.25) is 9.69 Å². The molecule has 0 aliphatic carbocycles. The van der Waals surface area contributed by atoms with E-state index in [1.54, 1.807) is 4.90 Å². The highest BCUT2D eigenvalue weighted by Gasteiger charge is 2.30. The zero-order valence-corrected chi connectivity index (χ0v) is 8.75. The number of hydrogen-bond acceptors (Lipinski definition) is 5. The molecule has 1 aromatic heterocycles. The number of carbonyl (C=O) groups excluding carboxylic acids is 1. The second-order valence-corrected chi connectivity index (χ2v) is 4.34. The van der Waals surface area contributed by atoms with Crippen LogP contribution in [-0.4, -0.2) is 28.7 Å². The molecule has 1 aromatic rings. The zero-order valence-electron chi connectivity index (χ0n) is 7.93. The van der Waals surface area contributed by atoms with Crippen LogP contribution in [0.4, 0.5) is 5.13 Å². The molecule has 6 heteroatoms. The van der Waals surface area contributed by atoms with Crippen LogP contribution in [0, 0.1) is 0 Å². The van der Waals surface area contributed by atoms with Gasteiger partial charge in [-0.1, -0.05) is 18.3 Å². The maximum Gasteiger partial charge on any atom is 0.230 e. The van der Waals surface area contributed by atoms with E-state index in [2.05, 4.69) is 10.2 Å². The third-order valence-corrected chi connectivity index (χ3v) is 3.24. The first-order valence-corrected chi connectivity index (χ1v) is 5.40. The first-order chi connectivity index (χ1) is 6.70. The molecule has 2 rings (SSSR count). The molecular weight excluding hydrogens is 200 g/mol. The summed E-state index contributed by atoms with van der Waals surface area (Å²) in [6.45, 7) is 2.58. The van der Waals surface area contributed by atoms with Crippen LogP contribution in [0.3, 0.4) is 0 Å². The van der Waals surface area contributed by atoms with Gasteiger partial charge in [-0.25, -0.2) is 0 Å². The molecule has 1 aliphatic heterocycles. The van der Waals surface area contributed by atoms with E-state index in [0.717, 1.165) is 11.4 Å². The van der Waals surface area contributed by atoms with Crippen molar-refractivity contribution in [2.45, 2.75) is 25.8 Å². The summed E-state index contributed by atoms with van der Waals surface area (Å²) in [6, 6.07) is -0.0588. The highest BCUT2D eigenvalue weighted by molar-refractivity contribution is 7.15. The Labute approximate surface area is 85.9 Å². The van der Waals surface area contributed by atoms with Crippen LogP contribution in [0.5, 0.6) is 0 Å². The molecule has 1 atom stereocenters. The van der Waals surface area contributed by atoms with Gasteiger partial charge in [0.2, 0.25) is 11.0 Å². The van der Waals surface area contributed by atoms with Crippen molar-refractivity contribution in [1.82, 2.24) is 10.2 Å². The number of carbonyl (C=O) groups is 1. The van der Waals surface area contributed by atoms with Gasteiger partial charge in [0, 0.05) is 19.0 Å². The van der Waals surface area contributed by atoms with Crippen molar-refractivity contribution < 1.29 is 4.79 Å². The minimum atomic E-state index is -0.0588. The van der Waals surface area contributed by atoms with Gasteiger partial charge in [0.1, 0.15) is 5.01 Å². The lowest BCUT2D eigenvalue weighted by Crippen LogP contribution is -2.27. The fraction of sp³-hybridized carbons (Fsp3) is 0.625. The Morgan fingerprint density at radius 3 is 2.93 bits per heavy atom. The van der Waals surface area contributed by atoms with E-state index >= 15 is 0 Å². The Kier molecular flexibility index (Phi) is 2.47. The summed E-state index contributed by atoms with van der Waals surface area (Å²) >= 11 is 1.46. The number of hydrogen-bond donors (Lipinski definition) is 1. The highest BCUT2D eigenvalue weighted by atomic mass is 32.1. The molecule has 76 valence electrons. The summed E-state index contributed by atoms with van der Waals surface area (Å²) in [6.07, 6.45) is 1.27. The summed E-state index contributed by atoms with van der Waals surface area (Å²) < 4.78 is 0. The van der Waals surface area contributed by atoms with Gasteiger partial charge in [-0.05, 0) is 6.42 Å². The van der Waals surface area contributed by atoms with Crippen LogP contribution in [0.15, 0.2) is 0 Å². The topological polar surface area (TPSA) is 72.1 Å². The molecule has 2 heterocycles.